The van der Waals surface area contributed by atoms with Gasteiger partial charge in [0.15, 0.2) is 11.9 Å². The van der Waals surface area contributed by atoms with Gasteiger partial charge in [0.1, 0.15) is 0 Å². The van der Waals surface area contributed by atoms with E-state index in [2.05, 4.69) is 5.32 Å². The van der Waals surface area contributed by atoms with Crippen molar-refractivity contribution in [1.29, 1.82) is 0 Å². The van der Waals surface area contributed by atoms with E-state index in [0.717, 1.165) is 0 Å². The number of unbranched alkanes of at least 4 members (excludes halogenated alkanes) is 1. The minimum atomic E-state index is -0.959. The maximum absolute atomic E-state index is 11.4. The molecule has 0 aromatic carbocycles. The fraction of sp³-hybridized carbons (Fsp3) is 0.700. The van der Waals surface area contributed by atoms with E-state index in [9.17, 15) is 14.4 Å². The Hall–Kier alpha value is -1.43. The molecule has 6 nitrogen and oxygen atoms in total. The number of nitrogens with one attached hydrogen (secondary N) is 1. The summed E-state index contributed by atoms with van der Waals surface area (Å²) in [7, 11) is 0. The van der Waals surface area contributed by atoms with Crippen LogP contribution in [0, 0.1) is 0 Å². The van der Waals surface area contributed by atoms with E-state index in [1.54, 1.807) is 0 Å². The molecule has 0 unspecified atom stereocenters. The first-order valence-electron chi connectivity index (χ1n) is 5.25. The molecule has 16 heavy (non-hydrogen) atoms. The van der Waals surface area contributed by atoms with E-state index in [0.29, 0.717) is 26.0 Å². The third kappa shape index (κ3) is 3.98. The Labute approximate surface area is 93.0 Å². The normalized spacial score (nSPS) is 19.8. The summed E-state index contributed by atoms with van der Waals surface area (Å²) in [5, 5.41) is 10.9. The average molecular weight is 229 g/mol. The Bertz CT molecular complexity index is 289. The van der Waals surface area contributed by atoms with Gasteiger partial charge in [-0.25, -0.2) is 0 Å². The van der Waals surface area contributed by atoms with E-state index in [4.69, 9.17) is 9.84 Å². The lowest BCUT2D eigenvalue weighted by atomic mass is 10.2. The van der Waals surface area contributed by atoms with Crippen LogP contribution in [0.1, 0.15) is 25.7 Å². The Morgan fingerprint density at radius 3 is 2.75 bits per heavy atom. The lowest BCUT2D eigenvalue weighted by Crippen LogP contribution is -2.38. The Balaban J connectivity index is 2.11. The van der Waals surface area contributed by atoms with Gasteiger partial charge < -0.3 is 15.2 Å². The molecule has 0 bridgehead atoms. The van der Waals surface area contributed by atoms with Crippen molar-refractivity contribution in [2.24, 2.45) is 0 Å². The largest absolute Gasteiger partial charge is 0.481 e. The van der Waals surface area contributed by atoms with Crippen molar-refractivity contribution < 1.29 is 24.2 Å². The number of carbonyl (C=O) groups is 3. The standard InChI is InChI=1S/C10H15NO5/c12-7-4-6-16-9(7)10(15)11-5-2-1-3-8(13)14/h9H,1-6H2,(H,11,15)(H,13,14)/t9-/m1/s1. The lowest BCUT2D eigenvalue weighted by Gasteiger charge is -2.08. The number of rotatable bonds is 6. The summed E-state index contributed by atoms with van der Waals surface area (Å²) in [6, 6.07) is 0. The zero-order valence-corrected chi connectivity index (χ0v) is 8.90. The van der Waals surface area contributed by atoms with E-state index >= 15 is 0 Å². The lowest BCUT2D eigenvalue weighted by molar-refractivity contribution is -0.137. The first-order chi connectivity index (χ1) is 7.61. The van der Waals surface area contributed by atoms with Crippen molar-refractivity contribution in [2.75, 3.05) is 13.2 Å². The van der Waals surface area contributed by atoms with Crippen LogP contribution in [-0.4, -0.2) is 42.0 Å². The van der Waals surface area contributed by atoms with Crippen molar-refractivity contribution in [3.8, 4) is 0 Å². The van der Waals surface area contributed by atoms with Crippen LogP contribution in [0.4, 0.5) is 0 Å². The first-order valence-corrected chi connectivity index (χ1v) is 5.25. The van der Waals surface area contributed by atoms with E-state index in [-0.39, 0.29) is 18.6 Å². The van der Waals surface area contributed by atoms with Crippen LogP contribution < -0.4 is 5.32 Å². The van der Waals surface area contributed by atoms with Gasteiger partial charge in [-0.15, -0.1) is 0 Å². The third-order valence-corrected chi connectivity index (χ3v) is 2.28. The molecule has 1 aliphatic heterocycles. The summed E-state index contributed by atoms with van der Waals surface area (Å²) in [4.78, 5) is 32.7. The highest BCUT2D eigenvalue weighted by Gasteiger charge is 2.31. The van der Waals surface area contributed by atoms with Crippen LogP contribution in [0.25, 0.3) is 0 Å². The van der Waals surface area contributed by atoms with Crippen LogP contribution in [-0.2, 0) is 19.1 Å². The van der Waals surface area contributed by atoms with Gasteiger partial charge in [-0.05, 0) is 12.8 Å². The Morgan fingerprint density at radius 2 is 2.19 bits per heavy atom. The molecular formula is C10H15NO5. The molecule has 1 rings (SSSR count). The minimum absolute atomic E-state index is 0.0920. The van der Waals surface area contributed by atoms with Gasteiger partial charge in [0, 0.05) is 19.4 Å². The number of Topliss-reactive ketones (excluding diaryl/α,β-unsaturated/α-hetero) is 1. The fourth-order valence-electron chi connectivity index (χ4n) is 1.43. The third-order valence-electron chi connectivity index (χ3n) is 2.28. The number of hydrogen-bond acceptors (Lipinski definition) is 4. The molecule has 1 fully saturated rings. The molecule has 2 N–H and O–H groups in total. The van der Waals surface area contributed by atoms with Crippen molar-refractivity contribution in [1.82, 2.24) is 5.32 Å². The molecular weight excluding hydrogens is 214 g/mol. The zero-order valence-electron chi connectivity index (χ0n) is 8.90. The van der Waals surface area contributed by atoms with Gasteiger partial charge in [-0.3, -0.25) is 14.4 Å². The highest BCUT2D eigenvalue weighted by atomic mass is 16.5. The van der Waals surface area contributed by atoms with E-state index in [1.165, 1.54) is 0 Å². The zero-order chi connectivity index (χ0) is 12.0. The molecule has 1 heterocycles. The van der Waals surface area contributed by atoms with Gasteiger partial charge in [-0.1, -0.05) is 0 Å². The van der Waals surface area contributed by atoms with Crippen LogP contribution in [0.2, 0.25) is 0 Å². The number of hydrogen-bond donors (Lipinski definition) is 2. The minimum Gasteiger partial charge on any atom is -0.481 e. The molecule has 0 aromatic rings. The summed E-state index contributed by atoms with van der Waals surface area (Å²) in [5.74, 6) is -1.46. The molecule has 0 aromatic heterocycles. The van der Waals surface area contributed by atoms with Crippen molar-refractivity contribution in [3.63, 3.8) is 0 Å². The monoisotopic (exact) mass is 229 g/mol. The smallest absolute Gasteiger partial charge is 0.303 e. The number of carboxylic acids is 1. The second-order valence-electron chi connectivity index (χ2n) is 3.61. The predicted octanol–water partition coefficient (Wildman–Crippen LogP) is -0.285. The predicted molar refractivity (Wildman–Crippen MR) is 53.9 cm³/mol. The van der Waals surface area contributed by atoms with Gasteiger partial charge in [0.2, 0.25) is 0 Å². The Kier molecular flexibility index (Phi) is 4.91. The summed E-state index contributed by atoms with van der Waals surface area (Å²) in [5.41, 5.74) is 0. The van der Waals surface area contributed by atoms with Crippen molar-refractivity contribution in [3.05, 3.63) is 0 Å². The number of aliphatic carboxylic acids is 1. The van der Waals surface area contributed by atoms with E-state index in [1.807, 2.05) is 0 Å². The molecule has 1 atom stereocenters. The second kappa shape index (κ2) is 6.22. The summed E-state index contributed by atoms with van der Waals surface area (Å²) in [6.45, 7) is 0.676. The second-order valence-corrected chi connectivity index (χ2v) is 3.61. The Morgan fingerprint density at radius 1 is 1.44 bits per heavy atom. The SMILES string of the molecule is O=C(O)CCCCNC(=O)[C@@H]1OCCC1=O. The molecule has 1 aliphatic rings. The average Bonchev–Trinajstić information content (AvgIpc) is 2.63. The molecule has 0 radical (unpaired) electrons. The number of ketones is 1. The highest BCUT2D eigenvalue weighted by Crippen LogP contribution is 2.07. The quantitative estimate of drug-likeness (QED) is 0.482. The van der Waals surface area contributed by atoms with Gasteiger partial charge >= 0.3 is 5.97 Å². The maximum Gasteiger partial charge on any atom is 0.303 e. The fourth-order valence-corrected chi connectivity index (χ4v) is 1.43. The number of carboxylic acid groups (broad SMARTS) is 1. The molecule has 0 spiro atoms. The molecule has 90 valence electrons. The highest BCUT2D eigenvalue weighted by molar-refractivity contribution is 6.05. The van der Waals surface area contributed by atoms with Crippen molar-refractivity contribution in [2.45, 2.75) is 31.8 Å². The summed E-state index contributed by atoms with van der Waals surface area (Å²) in [6.07, 6.45) is 0.513. The van der Waals surface area contributed by atoms with Gasteiger partial charge in [0.05, 0.1) is 6.61 Å². The summed E-state index contributed by atoms with van der Waals surface area (Å²) >= 11 is 0. The van der Waals surface area contributed by atoms with Gasteiger partial charge in [-0.2, -0.15) is 0 Å². The van der Waals surface area contributed by atoms with Crippen LogP contribution in [0.15, 0.2) is 0 Å². The number of amides is 1. The summed E-state index contributed by atoms with van der Waals surface area (Å²) < 4.78 is 4.97. The van der Waals surface area contributed by atoms with Crippen LogP contribution in [0.5, 0.6) is 0 Å². The van der Waals surface area contributed by atoms with Crippen LogP contribution in [0.3, 0.4) is 0 Å². The first kappa shape index (κ1) is 12.6. The molecule has 1 amide bonds. The molecule has 0 aliphatic carbocycles. The van der Waals surface area contributed by atoms with Gasteiger partial charge in [0.25, 0.3) is 5.91 Å². The molecule has 6 heteroatoms. The van der Waals surface area contributed by atoms with Crippen LogP contribution >= 0.6 is 0 Å². The van der Waals surface area contributed by atoms with E-state index < -0.39 is 18.0 Å². The number of ether oxygens (including phenoxy) is 1. The molecule has 1 saturated heterocycles. The number of carbonyl (C=O) groups excluding carboxylic acids is 2. The molecule has 0 saturated carbocycles. The maximum atomic E-state index is 11.4. The van der Waals surface area contributed by atoms with Crippen molar-refractivity contribution >= 4 is 17.7 Å². The topological polar surface area (TPSA) is 92.7 Å².